The number of anilines is 1. The van der Waals surface area contributed by atoms with Crippen LogP contribution in [0.15, 0.2) is 47.5 Å². The van der Waals surface area contributed by atoms with Crippen molar-refractivity contribution in [2.45, 2.75) is 57.0 Å². The summed E-state index contributed by atoms with van der Waals surface area (Å²) < 4.78 is 32.8. The minimum absolute atomic E-state index is 0.108. The molecule has 1 fully saturated rings. The van der Waals surface area contributed by atoms with Crippen molar-refractivity contribution in [3.8, 4) is 5.75 Å². The molecule has 0 bridgehead atoms. The van der Waals surface area contributed by atoms with Crippen molar-refractivity contribution in [3.05, 3.63) is 48.2 Å². The first-order valence-electron chi connectivity index (χ1n) is 10.1. The van der Waals surface area contributed by atoms with Gasteiger partial charge in [-0.05, 0) is 63.9 Å². The fourth-order valence-corrected chi connectivity index (χ4v) is 5.88. The van der Waals surface area contributed by atoms with Gasteiger partial charge in [-0.2, -0.15) is 4.31 Å². The second kappa shape index (κ2) is 8.71. The molecule has 2 aromatic rings. The van der Waals surface area contributed by atoms with E-state index in [1.54, 1.807) is 13.2 Å². The molecular formula is C22H31N3O3S. The molecular weight excluding hydrogens is 386 g/mol. The first-order valence-corrected chi connectivity index (χ1v) is 11.6. The Morgan fingerprint density at radius 2 is 1.72 bits per heavy atom. The van der Waals surface area contributed by atoms with Crippen LogP contribution in [0.1, 0.15) is 45.6 Å². The summed E-state index contributed by atoms with van der Waals surface area (Å²) in [6.45, 7) is 9.34. The monoisotopic (exact) mass is 417 g/mol. The molecule has 1 aliphatic heterocycles. The molecule has 6 nitrogen and oxygen atoms in total. The Labute approximate surface area is 174 Å². The van der Waals surface area contributed by atoms with Crippen molar-refractivity contribution in [2.75, 3.05) is 25.1 Å². The van der Waals surface area contributed by atoms with Crippen LogP contribution in [0.25, 0.3) is 0 Å². The highest BCUT2D eigenvalue weighted by Crippen LogP contribution is 2.31. The molecule has 1 aromatic heterocycles. The lowest BCUT2D eigenvalue weighted by atomic mass is 9.98. The Bertz CT molecular complexity index is 901. The van der Waals surface area contributed by atoms with E-state index >= 15 is 0 Å². The molecule has 1 aromatic carbocycles. The van der Waals surface area contributed by atoms with Gasteiger partial charge in [-0.1, -0.05) is 12.1 Å². The van der Waals surface area contributed by atoms with Crippen LogP contribution in [-0.2, 0) is 10.0 Å². The van der Waals surface area contributed by atoms with Crippen molar-refractivity contribution in [1.29, 1.82) is 0 Å². The van der Waals surface area contributed by atoms with E-state index in [0.29, 0.717) is 5.92 Å². The fourth-order valence-electron chi connectivity index (χ4n) is 4.10. The van der Waals surface area contributed by atoms with Crippen molar-refractivity contribution >= 4 is 15.8 Å². The predicted octanol–water partition coefficient (Wildman–Crippen LogP) is 3.89. The number of nitrogens with zero attached hydrogens (tertiary/aromatic N) is 3. The first kappa shape index (κ1) is 21.6. The molecule has 1 aliphatic rings. The molecule has 158 valence electrons. The van der Waals surface area contributed by atoms with Crippen LogP contribution in [-0.4, -0.2) is 50.0 Å². The van der Waals surface area contributed by atoms with Crippen LogP contribution in [0, 0.1) is 0 Å². The minimum atomic E-state index is -3.56. The van der Waals surface area contributed by atoms with Gasteiger partial charge in [0, 0.05) is 37.3 Å². The van der Waals surface area contributed by atoms with Crippen molar-refractivity contribution in [2.24, 2.45) is 0 Å². The van der Waals surface area contributed by atoms with E-state index in [4.69, 9.17) is 4.74 Å². The molecule has 0 N–H and O–H groups in total. The number of hydrogen-bond acceptors (Lipinski definition) is 5. The smallest absolute Gasteiger partial charge is 0.245 e. The summed E-state index contributed by atoms with van der Waals surface area (Å²) in [4.78, 5) is 6.94. The van der Waals surface area contributed by atoms with E-state index in [1.807, 2.05) is 45.9 Å². The third-order valence-electron chi connectivity index (χ3n) is 5.41. The Morgan fingerprint density at radius 3 is 2.24 bits per heavy atom. The largest absolute Gasteiger partial charge is 0.497 e. The van der Waals surface area contributed by atoms with Gasteiger partial charge in [0.05, 0.1) is 7.11 Å². The van der Waals surface area contributed by atoms with Gasteiger partial charge < -0.3 is 9.64 Å². The van der Waals surface area contributed by atoms with E-state index in [9.17, 15) is 8.42 Å². The molecule has 1 saturated heterocycles. The van der Waals surface area contributed by atoms with E-state index in [1.165, 1.54) is 16.1 Å². The normalized spacial score (nSPS) is 17.5. The van der Waals surface area contributed by atoms with Crippen molar-refractivity contribution in [1.82, 2.24) is 9.29 Å². The van der Waals surface area contributed by atoms with Gasteiger partial charge in [0.25, 0.3) is 0 Å². The number of hydrogen-bond donors (Lipinski definition) is 0. The van der Waals surface area contributed by atoms with Gasteiger partial charge in [-0.25, -0.2) is 13.4 Å². The van der Waals surface area contributed by atoms with Gasteiger partial charge in [0.15, 0.2) is 0 Å². The van der Waals surface area contributed by atoms with E-state index < -0.39 is 10.0 Å². The SMILES string of the molecule is COc1ccc(C2CCN(c3ccc(S(=O)(=O)N(C(C)C)C(C)C)cn3)C2)cc1. The molecule has 1 atom stereocenters. The highest BCUT2D eigenvalue weighted by atomic mass is 32.2. The summed E-state index contributed by atoms with van der Waals surface area (Å²) in [6.07, 6.45) is 2.53. The number of pyridine rings is 1. The summed E-state index contributed by atoms with van der Waals surface area (Å²) in [7, 11) is -1.89. The zero-order valence-electron chi connectivity index (χ0n) is 17.9. The Morgan fingerprint density at radius 1 is 1.07 bits per heavy atom. The van der Waals surface area contributed by atoms with Crippen LogP contribution in [0.4, 0.5) is 5.82 Å². The van der Waals surface area contributed by atoms with Gasteiger partial charge in [0.1, 0.15) is 16.5 Å². The summed E-state index contributed by atoms with van der Waals surface area (Å²) in [5.41, 5.74) is 1.29. The van der Waals surface area contributed by atoms with Crippen LogP contribution >= 0.6 is 0 Å². The average molecular weight is 418 g/mol. The highest BCUT2D eigenvalue weighted by molar-refractivity contribution is 7.89. The number of rotatable bonds is 7. The lowest BCUT2D eigenvalue weighted by Crippen LogP contribution is -2.41. The Kier molecular flexibility index (Phi) is 6.49. The van der Waals surface area contributed by atoms with Crippen LogP contribution in [0.3, 0.4) is 0 Å². The molecule has 7 heteroatoms. The Hall–Kier alpha value is -2.12. The van der Waals surface area contributed by atoms with E-state index in [-0.39, 0.29) is 17.0 Å². The van der Waals surface area contributed by atoms with E-state index in [0.717, 1.165) is 31.1 Å². The summed E-state index contributed by atoms with van der Waals surface area (Å²) in [5.74, 6) is 2.11. The molecule has 0 spiro atoms. The summed E-state index contributed by atoms with van der Waals surface area (Å²) in [6, 6.07) is 11.5. The van der Waals surface area contributed by atoms with Crippen LogP contribution in [0.5, 0.6) is 5.75 Å². The second-order valence-corrected chi connectivity index (χ2v) is 9.92. The fraction of sp³-hybridized carbons (Fsp3) is 0.500. The molecule has 29 heavy (non-hydrogen) atoms. The average Bonchev–Trinajstić information content (AvgIpc) is 3.17. The first-order chi connectivity index (χ1) is 13.7. The molecule has 0 radical (unpaired) electrons. The lowest BCUT2D eigenvalue weighted by molar-refractivity contribution is 0.302. The maximum absolute atomic E-state index is 13.0. The number of methoxy groups -OCH3 is 1. The zero-order valence-corrected chi connectivity index (χ0v) is 18.7. The minimum Gasteiger partial charge on any atom is -0.497 e. The van der Waals surface area contributed by atoms with Crippen LogP contribution in [0.2, 0.25) is 0 Å². The Balaban J connectivity index is 1.73. The van der Waals surface area contributed by atoms with Crippen molar-refractivity contribution < 1.29 is 13.2 Å². The topological polar surface area (TPSA) is 62.7 Å². The standard InChI is InChI=1S/C22H31N3O3S/c1-16(2)25(17(3)4)29(26,27)21-10-11-22(23-14-21)24-13-12-19(15-24)18-6-8-20(28-5)9-7-18/h6-11,14,16-17,19H,12-13,15H2,1-5H3. The molecule has 3 rings (SSSR count). The van der Waals surface area contributed by atoms with E-state index in [2.05, 4.69) is 22.0 Å². The summed E-state index contributed by atoms with van der Waals surface area (Å²) >= 11 is 0. The maximum atomic E-state index is 13.0. The third kappa shape index (κ3) is 4.56. The number of aromatic nitrogens is 1. The predicted molar refractivity (Wildman–Crippen MR) is 116 cm³/mol. The number of sulfonamides is 1. The highest BCUT2D eigenvalue weighted by Gasteiger charge is 2.30. The molecule has 2 heterocycles. The number of ether oxygens (including phenoxy) is 1. The lowest BCUT2D eigenvalue weighted by Gasteiger charge is -2.29. The quantitative estimate of drug-likeness (QED) is 0.684. The van der Waals surface area contributed by atoms with Crippen LogP contribution < -0.4 is 9.64 Å². The molecule has 0 amide bonds. The van der Waals surface area contributed by atoms with Crippen molar-refractivity contribution in [3.63, 3.8) is 0 Å². The number of benzene rings is 1. The maximum Gasteiger partial charge on any atom is 0.245 e. The molecule has 1 unspecified atom stereocenters. The second-order valence-electron chi connectivity index (χ2n) is 8.08. The van der Waals surface area contributed by atoms with Gasteiger partial charge in [-0.15, -0.1) is 0 Å². The van der Waals surface area contributed by atoms with Gasteiger partial charge in [-0.3, -0.25) is 0 Å². The zero-order chi connectivity index (χ0) is 21.2. The van der Waals surface area contributed by atoms with Gasteiger partial charge >= 0.3 is 0 Å². The molecule has 0 saturated carbocycles. The van der Waals surface area contributed by atoms with Gasteiger partial charge in [0.2, 0.25) is 10.0 Å². The summed E-state index contributed by atoms with van der Waals surface area (Å²) in [5, 5.41) is 0. The molecule has 0 aliphatic carbocycles. The third-order valence-corrected chi connectivity index (χ3v) is 7.65.